The highest BCUT2D eigenvalue weighted by Gasteiger charge is 2.22. The Morgan fingerprint density at radius 1 is 0.857 bits per heavy atom. The number of benzene rings is 2. The third-order valence-corrected chi connectivity index (χ3v) is 3.93. The van der Waals surface area contributed by atoms with Gasteiger partial charge in [-0.15, -0.1) is 0 Å². The highest BCUT2D eigenvalue weighted by Crippen LogP contribution is 2.34. The number of carbonyl (C=O) groups excluding carboxylic acids is 2. The zero-order valence-electron chi connectivity index (χ0n) is 16.4. The smallest absolute Gasteiger partial charge is 0.340 e. The summed E-state index contributed by atoms with van der Waals surface area (Å²) in [6.07, 6.45) is -0.827. The second-order valence-electron chi connectivity index (χ2n) is 5.67. The lowest BCUT2D eigenvalue weighted by Gasteiger charge is -2.18. The Hall–Kier alpha value is -3.42. The Balaban J connectivity index is 2.21. The average molecular weight is 389 g/mol. The summed E-state index contributed by atoms with van der Waals surface area (Å²) in [6.45, 7) is 1.60. The van der Waals surface area contributed by atoms with Gasteiger partial charge in [0.1, 0.15) is 11.5 Å². The van der Waals surface area contributed by atoms with E-state index in [0.29, 0.717) is 23.0 Å². The van der Waals surface area contributed by atoms with Crippen LogP contribution in [0.3, 0.4) is 0 Å². The molecule has 0 heterocycles. The number of esters is 1. The van der Waals surface area contributed by atoms with Gasteiger partial charge in [0.25, 0.3) is 5.91 Å². The minimum atomic E-state index is -0.827. The molecule has 8 nitrogen and oxygen atoms in total. The minimum Gasteiger partial charge on any atom is -0.497 e. The van der Waals surface area contributed by atoms with Crippen molar-refractivity contribution in [2.75, 3.05) is 33.8 Å². The summed E-state index contributed by atoms with van der Waals surface area (Å²) in [7, 11) is 5.71. The van der Waals surface area contributed by atoms with Crippen molar-refractivity contribution >= 4 is 17.6 Å². The normalized spacial score (nSPS) is 11.2. The summed E-state index contributed by atoms with van der Waals surface area (Å²) >= 11 is 0. The van der Waals surface area contributed by atoms with Crippen LogP contribution in [0.5, 0.6) is 23.0 Å². The molecule has 150 valence electrons. The lowest BCUT2D eigenvalue weighted by atomic mass is 10.1. The molecule has 8 heteroatoms. The van der Waals surface area contributed by atoms with E-state index < -0.39 is 18.0 Å². The molecular formula is C20H23NO7. The van der Waals surface area contributed by atoms with E-state index >= 15 is 0 Å². The van der Waals surface area contributed by atoms with Gasteiger partial charge in [0.15, 0.2) is 17.6 Å². The number of nitrogens with one attached hydrogen (secondary N) is 1. The second-order valence-corrected chi connectivity index (χ2v) is 5.67. The van der Waals surface area contributed by atoms with E-state index in [-0.39, 0.29) is 11.3 Å². The van der Waals surface area contributed by atoms with Gasteiger partial charge in [0.05, 0.1) is 39.7 Å². The zero-order chi connectivity index (χ0) is 20.7. The number of ether oxygens (including phenoxy) is 5. The number of anilines is 1. The maximum atomic E-state index is 12.6. The van der Waals surface area contributed by atoms with Crippen LogP contribution in [0.15, 0.2) is 36.4 Å². The van der Waals surface area contributed by atoms with Crippen LogP contribution in [-0.4, -0.2) is 46.4 Å². The topological polar surface area (TPSA) is 92.3 Å². The lowest BCUT2D eigenvalue weighted by Crippen LogP contribution is -2.30. The Bertz CT molecular complexity index is 833. The van der Waals surface area contributed by atoms with E-state index in [1.54, 1.807) is 38.3 Å². The van der Waals surface area contributed by atoms with Crippen molar-refractivity contribution in [3.8, 4) is 23.0 Å². The largest absolute Gasteiger partial charge is 0.497 e. The summed E-state index contributed by atoms with van der Waals surface area (Å²) in [6, 6.07) is 9.77. The van der Waals surface area contributed by atoms with Gasteiger partial charge >= 0.3 is 5.97 Å². The summed E-state index contributed by atoms with van der Waals surface area (Å²) in [5.74, 6) is 0.798. The number of carbonyl (C=O) groups is 2. The Morgan fingerprint density at radius 3 is 1.96 bits per heavy atom. The van der Waals surface area contributed by atoms with Crippen LogP contribution in [-0.2, 0) is 9.53 Å². The molecule has 0 aromatic heterocycles. The molecule has 0 bridgehead atoms. The second kappa shape index (κ2) is 9.50. The molecule has 0 spiro atoms. The molecule has 0 fully saturated rings. The number of methoxy groups -OCH3 is 4. The molecular weight excluding hydrogens is 366 g/mol. The fraction of sp³-hybridized carbons (Fsp3) is 0.300. The lowest BCUT2D eigenvalue weighted by molar-refractivity contribution is -0.122. The highest BCUT2D eigenvalue weighted by atomic mass is 16.5. The zero-order valence-corrected chi connectivity index (χ0v) is 16.4. The molecule has 1 unspecified atom stereocenters. The molecule has 1 amide bonds. The number of rotatable bonds is 8. The maximum absolute atomic E-state index is 12.6. The molecule has 0 aliphatic carbocycles. The first-order valence-electron chi connectivity index (χ1n) is 8.39. The van der Waals surface area contributed by atoms with Crippen LogP contribution in [0.4, 0.5) is 5.69 Å². The quantitative estimate of drug-likeness (QED) is 0.694. The van der Waals surface area contributed by atoms with Crippen molar-refractivity contribution in [2.45, 2.75) is 13.0 Å². The summed E-state index contributed by atoms with van der Waals surface area (Å²) in [5.41, 5.74) is 0.352. The Morgan fingerprint density at radius 2 is 1.43 bits per heavy atom. The standard InChI is InChI=1S/C20H23NO7/c1-12(28-14-8-6-13(24-2)7-9-14)19(22)21-16-11-18(26-4)17(25-3)10-15(16)20(23)27-5/h6-12H,1-5H3,(H,21,22). The summed E-state index contributed by atoms with van der Waals surface area (Å²) < 4.78 is 25.9. The third kappa shape index (κ3) is 4.85. The van der Waals surface area contributed by atoms with E-state index in [1.165, 1.54) is 33.5 Å². The number of amides is 1. The van der Waals surface area contributed by atoms with Crippen LogP contribution in [0.25, 0.3) is 0 Å². The van der Waals surface area contributed by atoms with E-state index in [9.17, 15) is 9.59 Å². The molecule has 28 heavy (non-hydrogen) atoms. The molecule has 2 aromatic carbocycles. The van der Waals surface area contributed by atoms with E-state index in [1.807, 2.05) is 0 Å². The van der Waals surface area contributed by atoms with E-state index in [4.69, 9.17) is 23.7 Å². The van der Waals surface area contributed by atoms with Crippen molar-refractivity contribution in [3.05, 3.63) is 42.0 Å². The number of hydrogen-bond acceptors (Lipinski definition) is 7. The molecule has 1 N–H and O–H groups in total. The predicted octanol–water partition coefficient (Wildman–Crippen LogP) is 2.91. The Labute approximate surface area is 163 Å². The van der Waals surface area contributed by atoms with Crippen molar-refractivity contribution in [2.24, 2.45) is 0 Å². The minimum absolute atomic E-state index is 0.130. The molecule has 2 aromatic rings. The highest BCUT2D eigenvalue weighted by molar-refractivity contribution is 6.03. The third-order valence-electron chi connectivity index (χ3n) is 3.93. The fourth-order valence-corrected chi connectivity index (χ4v) is 2.41. The first-order chi connectivity index (χ1) is 13.4. The van der Waals surface area contributed by atoms with Crippen molar-refractivity contribution in [1.82, 2.24) is 0 Å². The summed E-state index contributed by atoms with van der Waals surface area (Å²) in [5, 5.41) is 2.67. The van der Waals surface area contributed by atoms with Gasteiger partial charge in [-0.2, -0.15) is 0 Å². The van der Waals surface area contributed by atoms with Crippen molar-refractivity contribution < 1.29 is 33.3 Å². The van der Waals surface area contributed by atoms with Crippen LogP contribution >= 0.6 is 0 Å². The van der Waals surface area contributed by atoms with E-state index in [2.05, 4.69) is 5.32 Å². The monoisotopic (exact) mass is 389 g/mol. The fourth-order valence-electron chi connectivity index (χ4n) is 2.41. The maximum Gasteiger partial charge on any atom is 0.340 e. The van der Waals surface area contributed by atoms with Gasteiger partial charge in [-0.05, 0) is 31.2 Å². The van der Waals surface area contributed by atoms with Gasteiger partial charge in [-0.3, -0.25) is 4.79 Å². The van der Waals surface area contributed by atoms with Crippen LogP contribution < -0.4 is 24.3 Å². The van der Waals surface area contributed by atoms with Crippen molar-refractivity contribution in [1.29, 1.82) is 0 Å². The van der Waals surface area contributed by atoms with Gasteiger partial charge in [-0.25, -0.2) is 4.79 Å². The van der Waals surface area contributed by atoms with Crippen LogP contribution in [0.2, 0.25) is 0 Å². The van der Waals surface area contributed by atoms with Gasteiger partial charge in [-0.1, -0.05) is 0 Å². The number of hydrogen-bond donors (Lipinski definition) is 1. The average Bonchev–Trinajstić information content (AvgIpc) is 2.73. The summed E-state index contributed by atoms with van der Waals surface area (Å²) in [4.78, 5) is 24.7. The first kappa shape index (κ1) is 20.9. The SMILES string of the molecule is COC(=O)c1cc(OC)c(OC)cc1NC(=O)C(C)Oc1ccc(OC)cc1. The van der Waals surface area contributed by atoms with Crippen molar-refractivity contribution in [3.63, 3.8) is 0 Å². The molecule has 0 aliphatic rings. The van der Waals surface area contributed by atoms with Gasteiger partial charge in [0.2, 0.25) is 0 Å². The molecule has 2 rings (SSSR count). The van der Waals surface area contributed by atoms with E-state index in [0.717, 1.165) is 0 Å². The molecule has 1 atom stereocenters. The molecule has 0 saturated heterocycles. The predicted molar refractivity (Wildman–Crippen MR) is 103 cm³/mol. The van der Waals surface area contributed by atoms with Gasteiger partial charge < -0.3 is 29.0 Å². The molecule has 0 radical (unpaired) electrons. The molecule has 0 aliphatic heterocycles. The Kier molecular flexibility index (Phi) is 7.08. The van der Waals surface area contributed by atoms with Crippen LogP contribution in [0, 0.1) is 0 Å². The molecule has 0 saturated carbocycles. The van der Waals surface area contributed by atoms with Gasteiger partial charge in [0, 0.05) is 12.1 Å². The van der Waals surface area contributed by atoms with Crippen LogP contribution in [0.1, 0.15) is 17.3 Å². The first-order valence-corrected chi connectivity index (χ1v) is 8.39.